The molecule has 0 saturated heterocycles. The number of hydrogen-bond acceptors (Lipinski definition) is 4. The third-order valence-electron chi connectivity index (χ3n) is 3.97. The van der Waals surface area contributed by atoms with E-state index < -0.39 is 29.4 Å². The molecule has 0 spiro atoms. The highest BCUT2D eigenvalue weighted by Gasteiger charge is 2.17. The summed E-state index contributed by atoms with van der Waals surface area (Å²) in [6.07, 6.45) is 0. The molecule has 3 rings (SSSR count). The van der Waals surface area contributed by atoms with Gasteiger partial charge in [-0.15, -0.1) is 0 Å². The normalized spacial score (nSPS) is 10.5. The largest absolute Gasteiger partial charge is 0.478 e. The monoisotopic (exact) mass is 434 g/mol. The first-order valence-corrected chi connectivity index (χ1v) is 8.74. The molecule has 11 heteroatoms. The van der Waals surface area contributed by atoms with Crippen LogP contribution in [-0.2, 0) is 6.54 Å². The van der Waals surface area contributed by atoms with Crippen molar-refractivity contribution in [2.75, 3.05) is 5.32 Å². The van der Waals surface area contributed by atoms with Gasteiger partial charge < -0.3 is 15.7 Å². The van der Waals surface area contributed by atoms with Crippen LogP contribution >= 0.6 is 11.6 Å². The van der Waals surface area contributed by atoms with Gasteiger partial charge in [-0.1, -0.05) is 23.7 Å². The lowest BCUT2D eigenvalue weighted by molar-refractivity contribution is 0.0696. The minimum atomic E-state index is -1.23. The molecule has 0 saturated carbocycles. The lowest BCUT2D eigenvalue weighted by Gasteiger charge is -2.05. The molecule has 0 radical (unpaired) electrons. The fraction of sp³-hybridized carbons (Fsp3) is 0.0526. The van der Waals surface area contributed by atoms with Crippen LogP contribution in [0.25, 0.3) is 0 Å². The molecule has 8 nitrogen and oxygen atoms in total. The number of benzene rings is 2. The van der Waals surface area contributed by atoms with Gasteiger partial charge in [-0.05, 0) is 29.8 Å². The van der Waals surface area contributed by atoms with Crippen molar-refractivity contribution in [3.05, 3.63) is 81.5 Å². The molecule has 0 atom stereocenters. The summed E-state index contributed by atoms with van der Waals surface area (Å²) >= 11 is 5.75. The Labute approximate surface area is 172 Å². The Bertz CT molecular complexity index is 1130. The minimum Gasteiger partial charge on any atom is -0.478 e. The molecule has 0 bridgehead atoms. The minimum absolute atomic E-state index is 0.0381. The van der Waals surface area contributed by atoms with Crippen LogP contribution in [0.4, 0.5) is 14.6 Å². The fourth-order valence-electron chi connectivity index (χ4n) is 2.43. The average molecular weight is 435 g/mol. The van der Waals surface area contributed by atoms with Gasteiger partial charge in [0.1, 0.15) is 5.82 Å². The summed E-state index contributed by atoms with van der Waals surface area (Å²) in [7, 11) is 0. The van der Waals surface area contributed by atoms with E-state index in [1.165, 1.54) is 18.2 Å². The van der Waals surface area contributed by atoms with Crippen molar-refractivity contribution in [3.8, 4) is 0 Å². The SMILES string of the molecule is O=C(O)c1ccc(CNC(=O)c2cc(NC(=O)c3cc(F)c(F)cc3Cl)[nH]n2)cc1. The van der Waals surface area contributed by atoms with E-state index in [1.807, 2.05) is 0 Å². The molecule has 0 fully saturated rings. The predicted octanol–water partition coefficient (Wildman–Crippen LogP) is 3.22. The van der Waals surface area contributed by atoms with Crippen LogP contribution in [0.15, 0.2) is 42.5 Å². The Hall–Kier alpha value is -3.79. The predicted molar refractivity (Wildman–Crippen MR) is 102 cm³/mol. The van der Waals surface area contributed by atoms with Crippen molar-refractivity contribution in [2.24, 2.45) is 0 Å². The third-order valence-corrected chi connectivity index (χ3v) is 4.28. The molecule has 2 aromatic carbocycles. The molecule has 0 aliphatic heterocycles. The zero-order valence-corrected chi connectivity index (χ0v) is 15.8. The van der Waals surface area contributed by atoms with E-state index in [9.17, 15) is 23.2 Å². The number of carbonyl (C=O) groups excluding carboxylic acids is 2. The lowest BCUT2D eigenvalue weighted by atomic mass is 10.1. The molecule has 1 heterocycles. The second kappa shape index (κ2) is 8.70. The van der Waals surface area contributed by atoms with Gasteiger partial charge in [0.25, 0.3) is 11.8 Å². The number of amides is 2. The molecule has 30 heavy (non-hydrogen) atoms. The second-order valence-electron chi connectivity index (χ2n) is 6.05. The van der Waals surface area contributed by atoms with Crippen molar-refractivity contribution < 1.29 is 28.3 Å². The number of nitrogens with one attached hydrogen (secondary N) is 3. The van der Waals surface area contributed by atoms with Gasteiger partial charge in [0.15, 0.2) is 17.3 Å². The van der Waals surface area contributed by atoms with Crippen LogP contribution < -0.4 is 10.6 Å². The van der Waals surface area contributed by atoms with E-state index in [0.717, 1.165) is 0 Å². The lowest BCUT2D eigenvalue weighted by Crippen LogP contribution is -2.23. The second-order valence-corrected chi connectivity index (χ2v) is 6.46. The first-order valence-electron chi connectivity index (χ1n) is 8.36. The number of rotatable bonds is 6. The molecule has 1 aromatic heterocycles. The summed E-state index contributed by atoms with van der Waals surface area (Å²) in [5.74, 6) is -4.81. The molecule has 0 aliphatic carbocycles. The Morgan fingerprint density at radius 1 is 1.03 bits per heavy atom. The molecule has 154 valence electrons. The maximum Gasteiger partial charge on any atom is 0.335 e. The highest BCUT2D eigenvalue weighted by molar-refractivity contribution is 6.34. The quantitative estimate of drug-likeness (QED) is 0.443. The Morgan fingerprint density at radius 2 is 1.70 bits per heavy atom. The van der Waals surface area contributed by atoms with E-state index in [0.29, 0.717) is 17.7 Å². The standard InChI is InChI=1S/C19H13ClF2N4O4/c20-12-6-14(22)13(21)5-11(12)17(27)24-16-7-15(25-26-16)18(28)23-8-9-1-3-10(4-2-9)19(29)30/h1-7H,8H2,(H,23,28)(H,29,30)(H2,24,25,26,27). The average Bonchev–Trinajstić information content (AvgIpc) is 3.17. The Kier molecular flexibility index (Phi) is 6.07. The molecule has 0 aliphatic rings. The van der Waals surface area contributed by atoms with Gasteiger partial charge in [-0.2, -0.15) is 5.10 Å². The fourth-order valence-corrected chi connectivity index (χ4v) is 2.66. The van der Waals surface area contributed by atoms with E-state index in [1.54, 1.807) is 12.1 Å². The first kappa shape index (κ1) is 20.9. The number of anilines is 1. The van der Waals surface area contributed by atoms with Crippen molar-refractivity contribution in [1.82, 2.24) is 15.5 Å². The number of halogens is 3. The van der Waals surface area contributed by atoms with Crippen LogP contribution in [0.3, 0.4) is 0 Å². The first-order chi connectivity index (χ1) is 14.2. The maximum absolute atomic E-state index is 13.3. The van der Waals surface area contributed by atoms with Gasteiger partial charge in [-0.25, -0.2) is 13.6 Å². The van der Waals surface area contributed by atoms with Crippen molar-refractivity contribution in [2.45, 2.75) is 6.54 Å². The van der Waals surface area contributed by atoms with Gasteiger partial charge in [0.2, 0.25) is 0 Å². The van der Waals surface area contributed by atoms with Crippen LogP contribution in [0.2, 0.25) is 5.02 Å². The molecule has 3 aromatic rings. The summed E-state index contributed by atoms with van der Waals surface area (Å²) in [5.41, 5.74) is 0.467. The summed E-state index contributed by atoms with van der Waals surface area (Å²) in [6.45, 7) is 0.123. The Balaban J connectivity index is 1.61. The topological polar surface area (TPSA) is 124 Å². The van der Waals surface area contributed by atoms with Gasteiger partial charge in [-0.3, -0.25) is 14.7 Å². The van der Waals surface area contributed by atoms with Crippen LogP contribution in [0.5, 0.6) is 0 Å². The molecular formula is C19H13ClF2N4O4. The van der Waals surface area contributed by atoms with Crippen LogP contribution in [0, 0.1) is 11.6 Å². The number of aromatic amines is 1. The zero-order valence-electron chi connectivity index (χ0n) is 15.0. The van der Waals surface area contributed by atoms with Gasteiger partial charge in [0.05, 0.1) is 16.1 Å². The van der Waals surface area contributed by atoms with E-state index >= 15 is 0 Å². The molecule has 2 amide bonds. The summed E-state index contributed by atoms with van der Waals surface area (Å²) in [5, 5.41) is 19.7. The number of nitrogens with zero attached hydrogens (tertiary/aromatic N) is 1. The zero-order chi connectivity index (χ0) is 21.8. The van der Waals surface area contributed by atoms with E-state index in [2.05, 4.69) is 20.8 Å². The Morgan fingerprint density at radius 3 is 2.37 bits per heavy atom. The van der Waals surface area contributed by atoms with Gasteiger partial charge in [0, 0.05) is 12.6 Å². The number of carbonyl (C=O) groups is 3. The molecule has 4 N–H and O–H groups in total. The van der Waals surface area contributed by atoms with E-state index in [-0.39, 0.29) is 34.2 Å². The number of hydrogen-bond donors (Lipinski definition) is 4. The highest BCUT2D eigenvalue weighted by atomic mass is 35.5. The van der Waals surface area contributed by atoms with Crippen molar-refractivity contribution in [1.29, 1.82) is 0 Å². The smallest absolute Gasteiger partial charge is 0.335 e. The van der Waals surface area contributed by atoms with Crippen molar-refractivity contribution in [3.63, 3.8) is 0 Å². The van der Waals surface area contributed by atoms with Crippen LogP contribution in [-0.4, -0.2) is 33.1 Å². The number of H-pyrrole nitrogens is 1. The third kappa shape index (κ3) is 4.78. The van der Waals surface area contributed by atoms with Crippen molar-refractivity contribution >= 4 is 35.2 Å². The number of aromatic carboxylic acids is 1. The van der Waals surface area contributed by atoms with Crippen LogP contribution in [0.1, 0.15) is 36.8 Å². The number of aromatic nitrogens is 2. The highest BCUT2D eigenvalue weighted by Crippen LogP contribution is 2.21. The van der Waals surface area contributed by atoms with E-state index in [4.69, 9.17) is 16.7 Å². The molecular weight excluding hydrogens is 422 g/mol. The summed E-state index contributed by atoms with van der Waals surface area (Å²) < 4.78 is 26.5. The molecule has 0 unspecified atom stereocenters. The number of carboxylic acid groups (broad SMARTS) is 1. The van der Waals surface area contributed by atoms with Gasteiger partial charge >= 0.3 is 5.97 Å². The maximum atomic E-state index is 13.3. The number of carboxylic acids is 1. The summed E-state index contributed by atoms with van der Waals surface area (Å²) in [6, 6.07) is 8.53. The summed E-state index contributed by atoms with van der Waals surface area (Å²) in [4.78, 5) is 35.2.